The van der Waals surface area contributed by atoms with Crippen molar-refractivity contribution in [3.05, 3.63) is 188 Å². The van der Waals surface area contributed by atoms with Crippen molar-refractivity contribution in [2.75, 3.05) is 0 Å². The van der Waals surface area contributed by atoms with Gasteiger partial charge in [0.1, 0.15) is 11.2 Å². The molecule has 8 aromatic carbocycles. The molecule has 6 heteroatoms. The molecule has 266 valence electrons. The second-order valence-corrected chi connectivity index (χ2v) is 14.4. The minimum atomic E-state index is 0.537. The van der Waals surface area contributed by atoms with Gasteiger partial charge in [0.15, 0.2) is 11.6 Å². The van der Waals surface area contributed by atoms with Crippen LogP contribution in [0.25, 0.3) is 111 Å². The van der Waals surface area contributed by atoms with E-state index in [1.165, 1.54) is 10.8 Å². The SMILES string of the molecule is c1ccc(-c2cc(-c3nc(-c4ccccc4-n4c5ccccc5c5ccccc54)nc(-n4c5ccccc5c5ccccc54)n3)c3c(c2)oc2ccccc23)cc1. The molecule has 12 rings (SSSR count). The molecule has 4 aromatic heterocycles. The lowest BCUT2D eigenvalue weighted by Crippen LogP contribution is -2.08. The van der Waals surface area contributed by atoms with Crippen LogP contribution >= 0.6 is 0 Å². The summed E-state index contributed by atoms with van der Waals surface area (Å²) in [5, 5.41) is 6.63. The highest BCUT2D eigenvalue weighted by Crippen LogP contribution is 2.41. The van der Waals surface area contributed by atoms with Gasteiger partial charge in [-0.15, -0.1) is 0 Å². The lowest BCUT2D eigenvalue weighted by atomic mass is 9.98. The van der Waals surface area contributed by atoms with Crippen LogP contribution < -0.4 is 0 Å². The molecule has 0 aliphatic carbocycles. The lowest BCUT2D eigenvalue weighted by molar-refractivity contribution is 0.669. The van der Waals surface area contributed by atoms with Crippen LogP contribution in [0, 0.1) is 0 Å². The fourth-order valence-corrected chi connectivity index (χ4v) is 8.71. The van der Waals surface area contributed by atoms with E-state index in [1.54, 1.807) is 0 Å². The van der Waals surface area contributed by atoms with Crippen LogP contribution in [0.2, 0.25) is 0 Å². The molecule has 0 aliphatic rings. The maximum atomic E-state index is 6.58. The van der Waals surface area contributed by atoms with Crippen LogP contribution in [0.15, 0.2) is 192 Å². The number of para-hydroxylation sites is 6. The first kappa shape index (κ1) is 31.5. The van der Waals surface area contributed by atoms with Gasteiger partial charge in [-0.05, 0) is 65.7 Å². The van der Waals surface area contributed by atoms with Gasteiger partial charge < -0.3 is 8.98 Å². The van der Waals surface area contributed by atoms with Crippen molar-refractivity contribution in [1.29, 1.82) is 0 Å². The molecule has 57 heavy (non-hydrogen) atoms. The van der Waals surface area contributed by atoms with Crippen molar-refractivity contribution in [3.63, 3.8) is 0 Å². The number of benzene rings is 8. The molecule has 0 saturated carbocycles. The molecule has 0 spiro atoms. The highest BCUT2D eigenvalue weighted by molar-refractivity contribution is 6.14. The van der Waals surface area contributed by atoms with Gasteiger partial charge in [0, 0.05) is 43.4 Å². The second-order valence-electron chi connectivity index (χ2n) is 14.4. The van der Waals surface area contributed by atoms with E-state index >= 15 is 0 Å². The third kappa shape index (κ3) is 4.81. The summed E-state index contributed by atoms with van der Waals surface area (Å²) in [5.74, 6) is 1.67. The predicted octanol–water partition coefficient (Wildman–Crippen LogP) is 13.0. The summed E-state index contributed by atoms with van der Waals surface area (Å²) >= 11 is 0. The molecule has 6 nitrogen and oxygen atoms in total. The van der Waals surface area contributed by atoms with Gasteiger partial charge in [-0.3, -0.25) is 4.57 Å². The average Bonchev–Trinajstić information content (AvgIpc) is 3.94. The van der Waals surface area contributed by atoms with Crippen LogP contribution in [0.3, 0.4) is 0 Å². The molecule has 0 aliphatic heterocycles. The van der Waals surface area contributed by atoms with Crippen LogP contribution in [0.5, 0.6) is 0 Å². The number of fused-ring (bicyclic) bond motifs is 9. The lowest BCUT2D eigenvalue weighted by Gasteiger charge is -2.15. The van der Waals surface area contributed by atoms with E-state index in [9.17, 15) is 0 Å². The Morgan fingerprint density at radius 3 is 1.47 bits per heavy atom. The zero-order valence-corrected chi connectivity index (χ0v) is 30.5. The molecule has 0 amide bonds. The Kier molecular flexibility index (Phi) is 6.83. The third-order valence-corrected chi connectivity index (χ3v) is 11.2. The van der Waals surface area contributed by atoms with E-state index in [0.717, 1.165) is 82.7 Å². The standard InChI is InChI=1S/C51H31N5O/c1-2-16-32(17-3-1)33-30-40(48-39-23-9-15-29-46(39)57-47(48)31-33)50-52-49(53-51(54-50)56-43-26-12-6-20-36(43)37-21-7-13-27-44(37)56)38-22-8-14-28-45(38)55-41-24-10-4-18-34(41)35-19-5-11-25-42(35)55/h1-31H. The Bertz CT molecular complexity index is 3430. The van der Waals surface area contributed by atoms with Gasteiger partial charge >= 0.3 is 0 Å². The van der Waals surface area contributed by atoms with Crippen molar-refractivity contribution in [2.24, 2.45) is 0 Å². The Morgan fingerprint density at radius 2 is 0.842 bits per heavy atom. The summed E-state index contributed by atoms with van der Waals surface area (Å²) in [6, 6.07) is 65.4. The van der Waals surface area contributed by atoms with Crippen molar-refractivity contribution < 1.29 is 4.42 Å². The summed E-state index contributed by atoms with van der Waals surface area (Å²) in [6.45, 7) is 0. The molecule has 0 unspecified atom stereocenters. The van der Waals surface area contributed by atoms with Crippen LogP contribution in [-0.4, -0.2) is 24.1 Å². The monoisotopic (exact) mass is 729 g/mol. The highest BCUT2D eigenvalue weighted by Gasteiger charge is 2.23. The fourth-order valence-electron chi connectivity index (χ4n) is 8.71. The summed E-state index contributed by atoms with van der Waals surface area (Å²) in [7, 11) is 0. The van der Waals surface area contributed by atoms with E-state index in [4.69, 9.17) is 19.4 Å². The summed E-state index contributed by atoms with van der Waals surface area (Å²) < 4.78 is 11.1. The minimum absolute atomic E-state index is 0.537. The van der Waals surface area contributed by atoms with Crippen molar-refractivity contribution in [2.45, 2.75) is 0 Å². The fraction of sp³-hybridized carbons (Fsp3) is 0. The van der Waals surface area contributed by atoms with Gasteiger partial charge in [0.2, 0.25) is 5.95 Å². The van der Waals surface area contributed by atoms with Gasteiger partial charge in [-0.25, -0.2) is 4.98 Å². The molecule has 0 N–H and O–H groups in total. The molecular weight excluding hydrogens is 699 g/mol. The zero-order valence-electron chi connectivity index (χ0n) is 30.5. The van der Waals surface area contributed by atoms with E-state index in [2.05, 4.69) is 179 Å². The number of rotatable bonds is 5. The van der Waals surface area contributed by atoms with Crippen LogP contribution in [0.1, 0.15) is 0 Å². The topological polar surface area (TPSA) is 61.7 Å². The van der Waals surface area contributed by atoms with Gasteiger partial charge in [-0.1, -0.05) is 133 Å². The Labute approximate surface area is 326 Å². The van der Waals surface area contributed by atoms with Gasteiger partial charge in [0.25, 0.3) is 0 Å². The molecule has 4 heterocycles. The molecular formula is C51H31N5O. The Balaban J connectivity index is 1.21. The number of hydrogen-bond donors (Lipinski definition) is 0. The van der Waals surface area contributed by atoms with Crippen molar-refractivity contribution in [1.82, 2.24) is 24.1 Å². The normalized spacial score (nSPS) is 11.9. The van der Waals surface area contributed by atoms with E-state index in [1.807, 2.05) is 18.2 Å². The van der Waals surface area contributed by atoms with Crippen LogP contribution in [-0.2, 0) is 0 Å². The maximum Gasteiger partial charge on any atom is 0.238 e. The number of nitrogens with zero attached hydrogens (tertiary/aromatic N) is 5. The Morgan fingerprint density at radius 1 is 0.351 bits per heavy atom. The van der Waals surface area contributed by atoms with E-state index in [-0.39, 0.29) is 0 Å². The number of hydrogen-bond acceptors (Lipinski definition) is 4. The molecule has 0 saturated heterocycles. The highest BCUT2D eigenvalue weighted by atomic mass is 16.3. The molecule has 0 radical (unpaired) electrons. The largest absolute Gasteiger partial charge is 0.456 e. The first-order valence-electron chi connectivity index (χ1n) is 19.1. The quantitative estimate of drug-likeness (QED) is 0.177. The summed E-state index contributed by atoms with van der Waals surface area (Å²) in [6.07, 6.45) is 0. The number of aromatic nitrogens is 5. The summed E-state index contributed by atoms with van der Waals surface area (Å²) in [5.41, 5.74) is 10.7. The number of furan rings is 1. The minimum Gasteiger partial charge on any atom is -0.456 e. The van der Waals surface area contributed by atoms with Gasteiger partial charge in [-0.2, -0.15) is 9.97 Å². The van der Waals surface area contributed by atoms with E-state index < -0.39 is 0 Å². The molecule has 0 atom stereocenters. The van der Waals surface area contributed by atoms with Gasteiger partial charge in [0.05, 0.1) is 27.8 Å². The summed E-state index contributed by atoms with van der Waals surface area (Å²) in [4.78, 5) is 16.3. The third-order valence-electron chi connectivity index (χ3n) is 11.2. The first-order chi connectivity index (χ1) is 28.3. The zero-order chi connectivity index (χ0) is 37.5. The predicted molar refractivity (Wildman–Crippen MR) is 232 cm³/mol. The first-order valence-corrected chi connectivity index (χ1v) is 19.1. The van der Waals surface area contributed by atoms with Crippen molar-refractivity contribution in [3.8, 4) is 45.5 Å². The van der Waals surface area contributed by atoms with Crippen molar-refractivity contribution >= 4 is 65.6 Å². The smallest absolute Gasteiger partial charge is 0.238 e. The molecule has 12 aromatic rings. The maximum absolute atomic E-state index is 6.58. The van der Waals surface area contributed by atoms with Crippen LogP contribution in [0.4, 0.5) is 0 Å². The molecule has 0 bridgehead atoms. The average molecular weight is 730 g/mol. The Hall–Kier alpha value is -7.83. The second kappa shape index (κ2) is 12.3. The van der Waals surface area contributed by atoms with E-state index in [0.29, 0.717) is 17.6 Å². The molecule has 0 fully saturated rings.